The Balaban J connectivity index is 2.16. The van der Waals surface area contributed by atoms with Crippen LogP contribution < -0.4 is 0 Å². The van der Waals surface area contributed by atoms with E-state index in [1.54, 1.807) is 22.3 Å². The van der Waals surface area contributed by atoms with Crippen LogP contribution in [0.25, 0.3) is 0 Å². The lowest BCUT2D eigenvalue weighted by Crippen LogP contribution is -1.91. The molecule has 1 unspecified atom stereocenters. The molecule has 3 rings (SSSR count). The summed E-state index contributed by atoms with van der Waals surface area (Å²) < 4.78 is 0. The van der Waals surface area contributed by atoms with Crippen molar-refractivity contribution in [3.8, 4) is 0 Å². The molecule has 68 valence electrons. The van der Waals surface area contributed by atoms with Crippen LogP contribution in [0.3, 0.4) is 0 Å². The Morgan fingerprint density at radius 2 is 1.77 bits per heavy atom. The first-order valence-electron chi connectivity index (χ1n) is 5.49. The smallest absolute Gasteiger partial charge is 0.0184 e. The molecular weight excluding hydrogens is 156 g/mol. The van der Waals surface area contributed by atoms with E-state index in [1.165, 1.54) is 32.1 Å². The summed E-state index contributed by atoms with van der Waals surface area (Å²) in [6.07, 6.45) is 6.74. The predicted molar refractivity (Wildman–Crippen MR) is 55.2 cm³/mol. The van der Waals surface area contributed by atoms with Gasteiger partial charge in [-0.2, -0.15) is 0 Å². The molecule has 1 aromatic carbocycles. The number of fused-ring (bicyclic) bond motifs is 2. The molecule has 0 saturated heterocycles. The van der Waals surface area contributed by atoms with Crippen molar-refractivity contribution in [2.75, 3.05) is 0 Å². The molecule has 0 fully saturated rings. The average Bonchev–Trinajstić information content (AvgIpc) is 2.70. The van der Waals surface area contributed by atoms with Crippen molar-refractivity contribution in [2.45, 2.75) is 44.9 Å². The summed E-state index contributed by atoms with van der Waals surface area (Å²) in [4.78, 5) is 0. The summed E-state index contributed by atoms with van der Waals surface area (Å²) in [5.74, 6) is 0.820. The van der Waals surface area contributed by atoms with Gasteiger partial charge in [0.2, 0.25) is 0 Å². The molecule has 0 amide bonds. The largest absolute Gasteiger partial charge is 0.0584 e. The van der Waals surface area contributed by atoms with Gasteiger partial charge in [0.25, 0.3) is 0 Å². The van der Waals surface area contributed by atoms with E-state index in [-0.39, 0.29) is 0 Å². The van der Waals surface area contributed by atoms with Crippen LogP contribution in [0.2, 0.25) is 0 Å². The molecule has 0 radical (unpaired) electrons. The maximum atomic E-state index is 2.50. The first-order chi connectivity index (χ1) is 6.34. The number of benzene rings is 1. The van der Waals surface area contributed by atoms with Crippen LogP contribution >= 0.6 is 0 Å². The van der Waals surface area contributed by atoms with Gasteiger partial charge in [-0.15, -0.1) is 0 Å². The van der Waals surface area contributed by atoms with E-state index < -0.39 is 0 Å². The van der Waals surface area contributed by atoms with Crippen molar-refractivity contribution >= 4 is 0 Å². The highest BCUT2D eigenvalue weighted by molar-refractivity contribution is 5.44. The number of rotatable bonds is 0. The molecule has 0 nitrogen and oxygen atoms in total. The Bertz CT molecular complexity index is 349. The van der Waals surface area contributed by atoms with Crippen LogP contribution in [0.5, 0.6) is 0 Å². The summed E-state index contributed by atoms with van der Waals surface area (Å²) in [6.45, 7) is 2.37. The van der Waals surface area contributed by atoms with Crippen LogP contribution in [-0.2, 0) is 19.3 Å². The van der Waals surface area contributed by atoms with Crippen molar-refractivity contribution in [1.82, 2.24) is 0 Å². The minimum Gasteiger partial charge on any atom is -0.0584 e. The third kappa shape index (κ3) is 1.04. The number of hydrogen-bond donors (Lipinski definition) is 0. The Morgan fingerprint density at radius 3 is 2.62 bits per heavy atom. The molecule has 0 aromatic heterocycles. The van der Waals surface area contributed by atoms with Crippen LogP contribution in [0.15, 0.2) is 12.1 Å². The van der Waals surface area contributed by atoms with E-state index in [9.17, 15) is 0 Å². The molecule has 0 heterocycles. The molecule has 2 aliphatic rings. The molecule has 0 saturated carbocycles. The Kier molecular flexibility index (Phi) is 1.52. The highest BCUT2D eigenvalue weighted by atomic mass is 14.3. The minimum absolute atomic E-state index is 0.820. The fraction of sp³-hybridized carbons (Fsp3) is 0.538. The monoisotopic (exact) mass is 172 g/mol. The van der Waals surface area contributed by atoms with Gasteiger partial charge in [-0.1, -0.05) is 19.1 Å². The maximum absolute atomic E-state index is 2.50. The minimum atomic E-state index is 0.820. The van der Waals surface area contributed by atoms with Crippen molar-refractivity contribution in [3.63, 3.8) is 0 Å². The van der Waals surface area contributed by atoms with Gasteiger partial charge < -0.3 is 0 Å². The van der Waals surface area contributed by atoms with Crippen LogP contribution in [-0.4, -0.2) is 0 Å². The van der Waals surface area contributed by atoms with Crippen molar-refractivity contribution in [3.05, 3.63) is 34.4 Å². The molecule has 0 bridgehead atoms. The Morgan fingerprint density at radius 1 is 1.00 bits per heavy atom. The van der Waals surface area contributed by atoms with Crippen molar-refractivity contribution in [2.24, 2.45) is 0 Å². The molecule has 1 atom stereocenters. The van der Waals surface area contributed by atoms with E-state index in [1.807, 2.05) is 0 Å². The first kappa shape index (κ1) is 7.61. The van der Waals surface area contributed by atoms with Gasteiger partial charge in [-0.25, -0.2) is 0 Å². The Labute approximate surface area is 80.0 Å². The van der Waals surface area contributed by atoms with Gasteiger partial charge in [0.05, 0.1) is 0 Å². The summed E-state index contributed by atoms with van der Waals surface area (Å²) >= 11 is 0. The van der Waals surface area contributed by atoms with Crippen molar-refractivity contribution in [1.29, 1.82) is 0 Å². The lowest BCUT2D eigenvalue weighted by Gasteiger charge is -2.07. The van der Waals surface area contributed by atoms with E-state index in [4.69, 9.17) is 0 Å². The average molecular weight is 172 g/mol. The lowest BCUT2D eigenvalue weighted by molar-refractivity contribution is 0.746. The molecule has 13 heavy (non-hydrogen) atoms. The van der Waals surface area contributed by atoms with Gasteiger partial charge in [-0.3, -0.25) is 0 Å². The highest BCUT2D eigenvalue weighted by Gasteiger charge is 2.22. The lowest BCUT2D eigenvalue weighted by atomic mass is 9.98. The zero-order valence-electron chi connectivity index (χ0n) is 8.27. The summed E-state index contributed by atoms with van der Waals surface area (Å²) in [7, 11) is 0. The molecular formula is C13H16. The third-order valence-electron chi connectivity index (χ3n) is 3.73. The summed E-state index contributed by atoms with van der Waals surface area (Å²) in [5, 5.41) is 0. The zero-order chi connectivity index (χ0) is 8.84. The van der Waals surface area contributed by atoms with Gasteiger partial charge >= 0.3 is 0 Å². The second kappa shape index (κ2) is 2.60. The normalized spacial score (nSPS) is 24.5. The van der Waals surface area contributed by atoms with Gasteiger partial charge in [0, 0.05) is 0 Å². The number of aryl methyl sites for hydroxylation is 3. The maximum Gasteiger partial charge on any atom is -0.0184 e. The molecule has 0 heteroatoms. The Hall–Kier alpha value is -0.780. The van der Waals surface area contributed by atoms with Crippen molar-refractivity contribution < 1.29 is 0 Å². The highest BCUT2D eigenvalue weighted by Crippen LogP contribution is 2.36. The van der Waals surface area contributed by atoms with E-state index in [0.29, 0.717) is 0 Å². The third-order valence-corrected chi connectivity index (χ3v) is 3.73. The van der Waals surface area contributed by atoms with Crippen LogP contribution in [0, 0.1) is 0 Å². The fourth-order valence-corrected chi connectivity index (χ4v) is 2.90. The van der Waals surface area contributed by atoms with Crippen LogP contribution in [0.4, 0.5) is 0 Å². The number of hydrogen-bond acceptors (Lipinski definition) is 0. The molecule has 0 N–H and O–H groups in total. The summed E-state index contributed by atoms with van der Waals surface area (Å²) in [5.41, 5.74) is 6.59. The zero-order valence-corrected chi connectivity index (χ0v) is 8.27. The van der Waals surface area contributed by atoms with Gasteiger partial charge in [0.1, 0.15) is 0 Å². The van der Waals surface area contributed by atoms with Gasteiger partial charge in [-0.05, 0) is 60.3 Å². The van der Waals surface area contributed by atoms with E-state index in [0.717, 1.165) is 5.92 Å². The van der Waals surface area contributed by atoms with Crippen LogP contribution in [0.1, 0.15) is 47.9 Å². The van der Waals surface area contributed by atoms with E-state index in [2.05, 4.69) is 19.1 Å². The second-order valence-corrected chi connectivity index (χ2v) is 4.61. The standard InChI is InChI=1S/C13H16/c1-9-5-6-12-7-10-3-2-4-11(10)8-13(9)12/h7-9H,2-6H2,1H3. The fourth-order valence-electron chi connectivity index (χ4n) is 2.90. The first-order valence-corrected chi connectivity index (χ1v) is 5.49. The molecule has 2 aliphatic carbocycles. The molecule has 0 aliphatic heterocycles. The predicted octanol–water partition coefficient (Wildman–Crippen LogP) is 3.23. The molecule has 1 aromatic rings. The molecule has 0 spiro atoms. The SMILES string of the molecule is CC1CCc2cc3c(cc21)CCC3. The topological polar surface area (TPSA) is 0 Å². The van der Waals surface area contributed by atoms with E-state index >= 15 is 0 Å². The quantitative estimate of drug-likeness (QED) is 0.563. The van der Waals surface area contributed by atoms with Gasteiger partial charge in [0.15, 0.2) is 0 Å². The summed E-state index contributed by atoms with van der Waals surface area (Å²) in [6, 6.07) is 4.98. The second-order valence-electron chi connectivity index (χ2n) is 4.61.